The Hall–Kier alpha value is 0.310. The zero-order valence-electron chi connectivity index (χ0n) is 7.07. The first kappa shape index (κ1) is 8.41. The number of hydrogen-bond donors (Lipinski definition) is 2. The van der Waals surface area contributed by atoms with Crippen LogP contribution in [0.5, 0.6) is 0 Å². The van der Waals surface area contributed by atoms with Crippen molar-refractivity contribution in [2.75, 3.05) is 7.05 Å². The van der Waals surface area contributed by atoms with E-state index < -0.39 is 0 Å². The molecule has 1 saturated carbocycles. The highest BCUT2D eigenvalue weighted by Crippen LogP contribution is 2.47. The molecule has 0 radical (unpaired) electrons. The van der Waals surface area contributed by atoms with E-state index in [0.717, 1.165) is 0 Å². The molecular formula is C8H17NS. The molecule has 1 fully saturated rings. The van der Waals surface area contributed by atoms with Gasteiger partial charge in [0.1, 0.15) is 0 Å². The lowest BCUT2D eigenvalue weighted by Gasteiger charge is -2.37. The molecule has 60 valence electrons. The van der Waals surface area contributed by atoms with Gasteiger partial charge in [-0.3, -0.25) is 0 Å². The number of rotatable bonds is 1. The van der Waals surface area contributed by atoms with Crippen LogP contribution in [0.15, 0.2) is 0 Å². The van der Waals surface area contributed by atoms with Gasteiger partial charge in [-0.15, -0.1) is 0 Å². The van der Waals surface area contributed by atoms with Gasteiger partial charge in [0, 0.05) is 0 Å². The van der Waals surface area contributed by atoms with E-state index in [2.05, 4.69) is 31.8 Å². The lowest BCUT2D eigenvalue weighted by Crippen LogP contribution is -2.45. The van der Waals surface area contributed by atoms with Crippen LogP contribution in [0.1, 0.15) is 33.1 Å². The van der Waals surface area contributed by atoms with Crippen molar-refractivity contribution in [2.24, 2.45) is 5.41 Å². The number of thiol groups is 1. The van der Waals surface area contributed by atoms with E-state index in [-0.39, 0.29) is 4.87 Å². The van der Waals surface area contributed by atoms with E-state index >= 15 is 0 Å². The van der Waals surface area contributed by atoms with Crippen LogP contribution in [0.3, 0.4) is 0 Å². The molecule has 0 aromatic rings. The Kier molecular flexibility index (Phi) is 2.03. The molecule has 1 rings (SSSR count). The van der Waals surface area contributed by atoms with E-state index in [1.54, 1.807) is 0 Å². The third kappa shape index (κ3) is 1.08. The molecule has 0 aliphatic heterocycles. The summed E-state index contributed by atoms with van der Waals surface area (Å²) in [5.74, 6) is 0. The normalized spacial score (nSPS) is 38.4. The molecule has 0 bridgehead atoms. The summed E-state index contributed by atoms with van der Waals surface area (Å²) in [7, 11) is 2.00. The summed E-state index contributed by atoms with van der Waals surface area (Å²) in [6, 6.07) is 0. The Balaban J connectivity index is 2.76. The van der Waals surface area contributed by atoms with Gasteiger partial charge in [0.2, 0.25) is 0 Å². The van der Waals surface area contributed by atoms with Crippen molar-refractivity contribution in [3.63, 3.8) is 0 Å². The predicted molar refractivity (Wildman–Crippen MR) is 48.4 cm³/mol. The first-order valence-electron chi connectivity index (χ1n) is 3.93. The van der Waals surface area contributed by atoms with Crippen LogP contribution in [0.25, 0.3) is 0 Å². The van der Waals surface area contributed by atoms with Crippen LogP contribution in [0, 0.1) is 5.41 Å². The zero-order valence-corrected chi connectivity index (χ0v) is 7.96. The van der Waals surface area contributed by atoms with Gasteiger partial charge in [0.05, 0.1) is 4.87 Å². The summed E-state index contributed by atoms with van der Waals surface area (Å²) in [6.07, 6.45) is 3.79. The maximum Gasteiger partial charge on any atom is 0.0664 e. The fraction of sp³-hybridized carbons (Fsp3) is 1.00. The lowest BCUT2D eigenvalue weighted by molar-refractivity contribution is 0.267. The molecule has 2 heteroatoms. The quantitative estimate of drug-likeness (QED) is 0.441. The Labute approximate surface area is 69.0 Å². The maximum absolute atomic E-state index is 4.65. The topological polar surface area (TPSA) is 12.0 Å². The Morgan fingerprint density at radius 3 is 2.10 bits per heavy atom. The standard InChI is InChI=1S/C8H17NS/c1-7(2)5-4-6-8(7,10)9-3/h9-10H,4-6H2,1-3H3. The average molecular weight is 159 g/mol. The van der Waals surface area contributed by atoms with Crippen LogP contribution in [0.2, 0.25) is 0 Å². The SMILES string of the molecule is CNC1(S)CCCC1(C)C. The minimum absolute atomic E-state index is 0.0764. The molecule has 1 atom stereocenters. The third-order valence-electron chi connectivity index (χ3n) is 2.87. The maximum atomic E-state index is 4.65. The molecule has 0 heterocycles. The van der Waals surface area contributed by atoms with Crippen LogP contribution >= 0.6 is 12.6 Å². The van der Waals surface area contributed by atoms with Crippen LogP contribution in [-0.2, 0) is 0 Å². The zero-order chi connectivity index (χ0) is 7.83. The first-order chi connectivity index (χ1) is 4.52. The molecule has 1 nitrogen and oxygen atoms in total. The fourth-order valence-electron chi connectivity index (χ4n) is 1.79. The summed E-state index contributed by atoms with van der Waals surface area (Å²) in [4.78, 5) is 0.0764. The second-order valence-electron chi connectivity index (χ2n) is 3.85. The van der Waals surface area contributed by atoms with E-state index in [1.807, 2.05) is 7.05 Å². The highest BCUT2D eigenvalue weighted by atomic mass is 32.1. The molecule has 1 unspecified atom stereocenters. The van der Waals surface area contributed by atoms with Crippen LogP contribution in [0.4, 0.5) is 0 Å². The van der Waals surface area contributed by atoms with E-state index in [0.29, 0.717) is 5.41 Å². The molecule has 1 N–H and O–H groups in total. The summed E-state index contributed by atoms with van der Waals surface area (Å²) in [5.41, 5.74) is 0.352. The van der Waals surface area contributed by atoms with Crippen molar-refractivity contribution in [3.05, 3.63) is 0 Å². The van der Waals surface area contributed by atoms with Crippen molar-refractivity contribution in [3.8, 4) is 0 Å². The molecule has 0 spiro atoms. The first-order valence-corrected chi connectivity index (χ1v) is 4.38. The van der Waals surface area contributed by atoms with Gasteiger partial charge in [-0.25, -0.2) is 0 Å². The molecule has 10 heavy (non-hydrogen) atoms. The molecule has 0 amide bonds. The second kappa shape index (κ2) is 2.42. The van der Waals surface area contributed by atoms with Crippen molar-refractivity contribution >= 4 is 12.6 Å². The van der Waals surface area contributed by atoms with Crippen molar-refractivity contribution in [2.45, 2.75) is 38.0 Å². The van der Waals surface area contributed by atoms with E-state index in [4.69, 9.17) is 0 Å². The van der Waals surface area contributed by atoms with E-state index in [1.165, 1.54) is 19.3 Å². The molecule has 1 aliphatic rings. The summed E-state index contributed by atoms with van der Waals surface area (Å²) < 4.78 is 0. The van der Waals surface area contributed by atoms with Crippen molar-refractivity contribution in [1.82, 2.24) is 5.32 Å². The molecule has 0 aromatic carbocycles. The highest BCUT2D eigenvalue weighted by Gasteiger charge is 2.44. The average Bonchev–Trinajstić information content (AvgIpc) is 2.10. The van der Waals surface area contributed by atoms with Crippen molar-refractivity contribution < 1.29 is 0 Å². The van der Waals surface area contributed by atoms with Gasteiger partial charge in [-0.05, 0) is 25.3 Å². The number of nitrogens with one attached hydrogen (secondary N) is 1. The largest absolute Gasteiger partial charge is 0.306 e. The van der Waals surface area contributed by atoms with Gasteiger partial charge in [-0.1, -0.05) is 20.3 Å². The van der Waals surface area contributed by atoms with Gasteiger partial charge in [-0.2, -0.15) is 12.6 Å². The van der Waals surface area contributed by atoms with Gasteiger partial charge < -0.3 is 5.32 Å². The van der Waals surface area contributed by atoms with Gasteiger partial charge in [0.25, 0.3) is 0 Å². The molecule has 0 saturated heterocycles. The minimum atomic E-state index is 0.0764. The van der Waals surface area contributed by atoms with Crippen LogP contribution < -0.4 is 5.32 Å². The lowest BCUT2D eigenvalue weighted by atomic mass is 9.87. The van der Waals surface area contributed by atoms with Gasteiger partial charge >= 0.3 is 0 Å². The monoisotopic (exact) mass is 159 g/mol. The summed E-state index contributed by atoms with van der Waals surface area (Å²) >= 11 is 4.65. The van der Waals surface area contributed by atoms with Crippen molar-refractivity contribution in [1.29, 1.82) is 0 Å². The summed E-state index contributed by atoms with van der Waals surface area (Å²) in [5, 5.41) is 3.29. The summed E-state index contributed by atoms with van der Waals surface area (Å²) in [6.45, 7) is 4.56. The van der Waals surface area contributed by atoms with Crippen LogP contribution in [-0.4, -0.2) is 11.9 Å². The number of hydrogen-bond acceptors (Lipinski definition) is 2. The van der Waals surface area contributed by atoms with E-state index in [9.17, 15) is 0 Å². The fourth-order valence-corrected chi connectivity index (χ4v) is 2.06. The Morgan fingerprint density at radius 1 is 1.30 bits per heavy atom. The molecule has 1 aliphatic carbocycles. The Morgan fingerprint density at radius 2 is 1.90 bits per heavy atom. The molecule has 0 aromatic heterocycles. The highest BCUT2D eigenvalue weighted by molar-refractivity contribution is 7.81. The smallest absolute Gasteiger partial charge is 0.0664 e. The minimum Gasteiger partial charge on any atom is -0.306 e. The van der Waals surface area contributed by atoms with Gasteiger partial charge in [0.15, 0.2) is 0 Å². The predicted octanol–water partition coefficient (Wildman–Crippen LogP) is 2.04. The second-order valence-corrected chi connectivity index (χ2v) is 4.61. The Bertz CT molecular complexity index is 133. The molecular weight excluding hydrogens is 142 g/mol. The third-order valence-corrected chi connectivity index (χ3v) is 3.93.